The maximum Gasteiger partial charge on any atom is 0.338 e. The first-order chi connectivity index (χ1) is 7.41. The number of carbonyl (C=O) groups is 1. The van der Waals surface area contributed by atoms with Crippen LogP contribution >= 0.6 is 15.9 Å². The third-order valence-electron chi connectivity index (χ3n) is 2.71. The highest BCUT2D eigenvalue weighted by atomic mass is 79.9. The summed E-state index contributed by atoms with van der Waals surface area (Å²) < 4.78 is 2.85. The molecule has 3 nitrogen and oxygen atoms in total. The third-order valence-corrected chi connectivity index (χ3v) is 3.51. The number of halogens is 1. The molecule has 0 fully saturated rings. The quantitative estimate of drug-likeness (QED) is 0.915. The second-order valence-corrected chi connectivity index (χ2v) is 5.06. The van der Waals surface area contributed by atoms with Gasteiger partial charge in [0.2, 0.25) is 0 Å². The van der Waals surface area contributed by atoms with E-state index in [9.17, 15) is 9.90 Å². The lowest BCUT2D eigenvalue weighted by molar-refractivity contribution is 0.0695. The zero-order valence-electron chi connectivity index (χ0n) is 10.2. The van der Waals surface area contributed by atoms with Gasteiger partial charge in [0.25, 0.3) is 0 Å². The van der Waals surface area contributed by atoms with Crippen molar-refractivity contribution in [1.82, 2.24) is 4.57 Å². The predicted octanol–water partition coefficient (Wildman–Crippen LogP) is 3.79. The van der Waals surface area contributed by atoms with E-state index in [0.717, 1.165) is 28.8 Å². The van der Waals surface area contributed by atoms with E-state index in [0.29, 0.717) is 11.5 Å². The Morgan fingerprint density at radius 2 is 2.06 bits per heavy atom. The SMILES string of the molecule is CCCn1c(C)c(C(=O)O)c(Br)c1C(C)C. The van der Waals surface area contributed by atoms with Crippen molar-refractivity contribution in [3.8, 4) is 0 Å². The summed E-state index contributed by atoms with van der Waals surface area (Å²) in [5.74, 6) is -0.547. The number of hydrogen-bond donors (Lipinski definition) is 1. The minimum Gasteiger partial charge on any atom is -0.478 e. The van der Waals surface area contributed by atoms with Gasteiger partial charge in [0, 0.05) is 17.9 Å². The number of aromatic carboxylic acids is 1. The molecule has 0 aliphatic heterocycles. The Morgan fingerprint density at radius 3 is 2.44 bits per heavy atom. The van der Waals surface area contributed by atoms with E-state index in [1.54, 1.807) is 0 Å². The van der Waals surface area contributed by atoms with Gasteiger partial charge in [0.05, 0.1) is 10.0 Å². The standard InChI is InChI=1S/C12H18BrNO2/c1-5-6-14-8(4)9(12(15)16)10(13)11(14)7(2)3/h7H,5-6H2,1-4H3,(H,15,16). The van der Waals surface area contributed by atoms with Crippen LogP contribution in [0.4, 0.5) is 0 Å². The maximum atomic E-state index is 11.2. The smallest absolute Gasteiger partial charge is 0.338 e. The lowest BCUT2D eigenvalue weighted by Gasteiger charge is -2.13. The van der Waals surface area contributed by atoms with E-state index in [-0.39, 0.29) is 0 Å². The zero-order chi connectivity index (χ0) is 12.5. The van der Waals surface area contributed by atoms with Gasteiger partial charge in [-0.2, -0.15) is 0 Å². The van der Waals surface area contributed by atoms with Gasteiger partial charge in [0.1, 0.15) is 0 Å². The number of hydrogen-bond acceptors (Lipinski definition) is 1. The van der Waals surface area contributed by atoms with E-state index in [4.69, 9.17) is 0 Å². The fourth-order valence-electron chi connectivity index (χ4n) is 2.05. The summed E-state index contributed by atoms with van der Waals surface area (Å²) in [4.78, 5) is 11.2. The molecule has 16 heavy (non-hydrogen) atoms. The highest BCUT2D eigenvalue weighted by Gasteiger charge is 2.24. The van der Waals surface area contributed by atoms with Crippen LogP contribution in [0.1, 0.15) is 54.9 Å². The molecule has 0 unspecified atom stereocenters. The van der Waals surface area contributed by atoms with Crippen molar-refractivity contribution in [2.75, 3.05) is 0 Å². The second-order valence-electron chi connectivity index (χ2n) is 4.27. The van der Waals surface area contributed by atoms with Gasteiger partial charge in [-0.05, 0) is 35.2 Å². The second kappa shape index (κ2) is 5.04. The molecule has 0 saturated carbocycles. The largest absolute Gasteiger partial charge is 0.478 e. The normalized spacial score (nSPS) is 11.1. The van der Waals surface area contributed by atoms with Gasteiger partial charge in [-0.3, -0.25) is 0 Å². The summed E-state index contributed by atoms with van der Waals surface area (Å²) in [7, 11) is 0. The summed E-state index contributed by atoms with van der Waals surface area (Å²) >= 11 is 3.42. The van der Waals surface area contributed by atoms with Crippen molar-refractivity contribution >= 4 is 21.9 Å². The molecule has 0 amide bonds. The van der Waals surface area contributed by atoms with Crippen LogP contribution in [0, 0.1) is 6.92 Å². The summed E-state index contributed by atoms with van der Waals surface area (Å²) in [5.41, 5.74) is 2.32. The first-order valence-electron chi connectivity index (χ1n) is 5.53. The van der Waals surface area contributed by atoms with Gasteiger partial charge in [-0.1, -0.05) is 20.8 Å². The van der Waals surface area contributed by atoms with Crippen LogP contribution in [0.3, 0.4) is 0 Å². The molecule has 1 aromatic heterocycles. The van der Waals surface area contributed by atoms with Crippen LogP contribution in [0.25, 0.3) is 0 Å². The van der Waals surface area contributed by atoms with E-state index >= 15 is 0 Å². The van der Waals surface area contributed by atoms with Crippen LogP contribution in [0.2, 0.25) is 0 Å². The van der Waals surface area contributed by atoms with E-state index in [1.807, 2.05) is 6.92 Å². The molecule has 1 heterocycles. The van der Waals surface area contributed by atoms with Crippen molar-refractivity contribution in [3.05, 3.63) is 21.4 Å². The first-order valence-corrected chi connectivity index (χ1v) is 6.32. The van der Waals surface area contributed by atoms with Crippen molar-refractivity contribution in [3.63, 3.8) is 0 Å². The molecule has 0 aliphatic carbocycles. The fraction of sp³-hybridized carbons (Fsp3) is 0.583. The minimum absolute atomic E-state index is 0.313. The molecule has 90 valence electrons. The number of carboxylic acids is 1. The van der Waals surface area contributed by atoms with Gasteiger partial charge in [-0.25, -0.2) is 4.79 Å². The average Bonchev–Trinajstić information content (AvgIpc) is 2.39. The third kappa shape index (κ3) is 2.17. The van der Waals surface area contributed by atoms with Crippen molar-refractivity contribution in [2.45, 2.75) is 46.6 Å². The Hall–Kier alpha value is -0.770. The molecule has 0 aliphatic rings. The number of carboxylic acid groups (broad SMARTS) is 1. The Morgan fingerprint density at radius 1 is 1.50 bits per heavy atom. The Bertz CT molecular complexity index is 408. The minimum atomic E-state index is -0.860. The topological polar surface area (TPSA) is 42.2 Å². The molecular weight excluding hydrogens is 270 g/mol. The lowest BCUT2D eigenvalue weighted by atomic mass is 10.1. The van der Waals surface area contributed by atoms with Crippen LogP contribution in [0.15, 0.2) is 4.47 Å². The molecule has 0 atom stereocenters. The summed E-state index contributed by atoms with van der Waals surface area (Å²) in [6.07, 6.45) is 1.00. The van der Waals surface area contributed by atoms with Gasteiger partial charge in [-0.15, -0.1) is 0 Å². The lowest BCUT2D eigenvalue weighted by Crippen LogP contribution is -2.06. The zero-order valence-corrected chi connectivity index (χ0v) is 11.8. The van der Waals surface area contributed by atoms with E-state index in [2.05, 4.69) is 41.3 Å². The fourth-order valence-corrected chi connectivity index (χ4v) is 3.17. The van der Waals surface area contributed by atoms with Gasteiger partial charge >= 0.3 is 5.97 Å². The molecule has 4 heteroatoms. The highest BCUT2D eigenvalue weighted by molar-refractivity contribution is 9.10. The maximum absolute atomic E-state index is 11.2. The van der Waals surface area contributed by atoms with Crippen molar-refractivity contribution in [1.29, 1.82) is 0 Å². The average molecular weight is 288 g/mol. The predicted molar refractivity (Wildman–Crippen MR) is 68.2 cm³/mol. The summed E-state index contributed by atoms with van der Waals surface area (Å²) in [6, 6.07) is 0. The summed E-state index contributed by atoms with van der Waals surface area (Å²) in [5, 5.41) is 9.19. The Kier molecular flexibility index (Phi) is 4.19. The Labute approximate surface area is 105 Å². The molecule has 0 radical (unpaired) electrons. The van der Waals surface area contributed by atoms with Crippen LogP contribution in [-0.4, -0.2) is 15.6 Å². The monoisotopic (exact) mass is 287 g/mol. The van der Waals surface area contributed by atoms with Crippen LogP contribution < -0.4 is 0 Å². The van der Waals surface area contributed by atoms with Crippen LogP contribution in [0.5, 0.6) is 0 Å². The van der Waals surface area contributed by atoms with Crippen molar-refractivity contribution in [2.24, 2.45) is 0 Å². The number of aromatic nitrogens is 1. The summed E-state index contributed by atoms with van der Waals surface area (Å²) in [6.45, 7) is 8.99. The molecule has 1 aromatic rings. The molecule has 1 N–H and O–H groups in total. The van der Waals surface area contributed by atoms with Gasteiger partial charge < -0.3 is 9.67 Å². The first kappa shape index (κ1) is 13.3. The molecule has 0 spiro atoms. The van der Waals surface area contributed by atoms with Gasteiger partial charge in [0.15, 0.2) is 0 Å². The molecule has 1 rings (SSSR count). The molecule has 0 aromatic carbocycles. The highest BCUT2D eigenvalue weighted by Crippen LogP contribution is 2.33. The van der Waals surface area contributed by atoms with Crippen molar-refractivity contribution < 1.29 is 9.90 Å². The van der Waals surface area contributed by atoms with E-state index in [1.165, 1.54) is 0 Å². The van der Waals surface area contributed by atoms with Crippen LogP contribution in [-0.2, 0) is 6.54 Å². The molecule has 0 saturated heterocycles. The number of rotatable bonds is 4. The Balaban J connectivity index is 3.46. The number of nitrogens with zero attached hydrogens (tertiary/aromatic N) is 1. The molecular formula is C12H18BrNO2. The van der Waals surface area contributed by atoms with E-state index < -0.39 is 5.97 Å². The molecule has 0 bridgehead atoms.